The summed E-state index contributed by atoms with van der Waals surface area (Å²) in [6.45, 7) is 4.96. The van der Waals surface area contributed by atoms with Crippen LogP contribution in [0.1, 0.15) is 46.0 Å². The van der Waals surface area contributed by atoms with E-state index in [9.17, 15) is 14.7 Å². The zero-order valence-electron chi connectivity index (χ0n) is 11.3. The first kappa shape index (κ1) is 13.4. The van der Waals surface area contributed by atoms with Gasteiger partial charge in [0.1, 0.15) is 0 Å². The van der Waals surface area contributed by atoms with Gasteiger partial charge in [-0.3, -0.25) is 9.59 Å². The third kappa shape index (κ3) is 2.38. The van der Waals surface area contributed by atoms with Gasteiger partial charge in [-0.25, -0.2) is 0 Å². The highest BCUT2D eigenvalue weighted by Gasteiger charge is 2.44. The molecule has 0 spiro atoms. The SMILES string of the molecule is CCC1CCCN1C(=O)C1CC(C)CC1C(=O)O. The lowest BCUT2D eigenvalue weighted by Crippen LogP contribution is -2.41. The zero-order valence-corrected chi connectivity index (χ0v) is 11.3. The number of carboxylic acids is 1. The average Bonchev–Trinajstić information content (AvgIpc) is 2.93. The van der Waals surface area contributed by atoms with Crippen LogP contribution in [-0.2, 0) is 9.59 Å². The van der Waals surface area contributed by atoms with Crippen LogP contribution in [-0.4, -0.2) is 34.5 Å². The van der Waals surface area contributed by atoms with Crippen molar-refractivity contribution in [1.29, 1.82) is 0 Å². The molecule has 2 rings (SSSR count). The Labute approximate surface area is 108 Å². The van der Waals surface area contributed by atoms with Gasteiger partial charge in [0.2, 0.25) is 5.91 Å². The van der Waals surface area contributed by atoms with Crippen LogP contribution >= 0.6 is 0 Å². The molecule has 2 aliphatic rings. The number of likely N-dealkylation sites (tertiary alicyclic amines) is 1. The highest BCUT2D eigenvalue weighted by atomic mass is 16.4. The zero-order chi connectivity index (χ0) is 13.3. The van der Waals surface area contributed by atoms with Gasteiger partial charge < -0.3 is 10.0 Å². The fraction of sp³-hybridized carbons (Fsp3) is 0.857. The smallest absolute Gasteiger partial charge is 0.307 e. The highest BCUT2D eigenvalue weighted by Crippen LogP contribution is 2.38. The third-order valence-corrected chi connectivity index (χ3v) is 4.56. The van der Waals surface area contributed by atoms with E-state index < -0.39 is 11.9 Å². The number of hydrogen-bond acceptors (Lipinski definition) is 2. The lowest BCUT2D eigenvalue weighted by molar-refractivity contribution is -0.149. The van der Waals surface area contributed by atoms with Crippen molar-refractivity contribution in [2.75, 3.05) is 6.54 Å². The number of amides is 1. The summed E-state index contributed by atoms with van der Waals surface area (Å²) in [6.07, 6.45) is 4.50. The molecule has 4 unspecified atom stereocenters. The van der Waals surface area contributed by atoms with Crippen LogP contribution in [0.4, 0.5) is 0 Å². The molecule has 4 atom stereocenters. The maximum absolute atomic E-state index is 12.5. The highest BCUT2D eigenvalue weighted by molar-refractivity contribution is 5.85. The van der Waals surface area contributed by atoms with E-state index in [-0.39, 0.29) is 11.8 Å². The molecule has 1 heterocycles. The van der Waals surface area contributed by atoms with Crippen molar-refractivity contribution >= 4 is 11.9 Å². The van der Waals surface area contributed by atoms with E-state index in [1.165, 1.54) is 0 Å². The van der Waals surface area contributed by atoms with Crippen LogP contribution in [0.2, 0.25) is 0 Å². The fourth-order valence-electron chi connectivity index (χ4n) is 3.60. The number of carboxylic acid groups (broad SMARTS) is 1. The number of carbonyl (C=O) groups excluding carboxylic acids is 1. The summed E-state index contributed by atoms with van der Waals surface area (Å²) < 4.78 is 0. The first-order valence-corrected chi connectivity index (χ1v) is 7.07. The Balaban J connectivity index is 2.10. The monoisotopic (exact) mass is 253 g/mol. The second-order valence-corrected chi connectivity index (χ2v) is 5.86. The summed E-state index contributed by atoms with van der Waals surface area (Å²) >= 11 is 0. The summed E-state index contributed by atoms with van der Waals surface area (Å²) in [5.74, 6) is -1.11. The Hall–Kier alpha value is -1.06. The molecule has 0 bridgehead atoms. The van der Waals surface area contributed by atoms with Gasteiger partial charge in [-0.15, -0.1) is 0 Å². The number of carbonyl (C=O) groups is 2. The summed E-state index contributed by atoms with van der Waals surface area (Å²) in [4.78, 5) is 25.7. The summed E-state index contributed by atoms with van der Waals surface area (Å²) in [5, 5.41) is 9.25. The molecule has 1 amide bonds. The predicted octanol–water partition coefficient (Wildman–Crippen LogP) is 2.13. The first-order chi connectivity index (χ1) is 8.54. The molecule has 0 radical (unpaired) electrons. The molecular weight excluding hydrogens is 230 g/mol. The van der Waals surface area contributed by atoms with E-state index >= 15 is 0 Å². The van der Waals surface area contributed by atoms with Crippen LogP contribution in [0.3, 0.4) is 0 Å². The lowest BCUT2D eigenvalue weighted by atomic mass is 9.94. The quantitative estimate of drug-likeness (QED) is 0.838. The molecule has 1 saturated heterocycles. The minimum absolute atomic E-state index is 0.0936. The molecule has 1 N–H and O–H groups in total. The summed E-state index contributed by atoms with van der Waals surface area (Å²) in [7, 11) is 0. The van der Waals surface area contributed by atoms with E-state index in [1.807, 2.05) is 11.8 Å². The Morgan fingerprint density at radius 2 is 1.94 bits per heavy atom. The normalized spacial score (nSPS) is 36.0. The maximum atomic E-state index is 12.5. The second kappa shape index (κ2) is 5.29. The molecule has 1 aliphatic carbocycles. The molecule has 2 fully saturated rings. The van der Waals surface area contributed by atoms with Crippen molar-refractivity contribution in [2.45, 2.75) is 52.0 Å². The largest absolute Gasteiger partial charge is 0.481 e. The number of rotatable bonds is 3. The van der Waals surface area contributed by atoms with Crippen LogP contribution < -0.4 is 0 Å². The van der Waals surface area contributed by atoms with E-state index in [0.717, 1.165) is 32.2 Å². The molecule has 1 aliphatic heterocycles. The first-order valence-electron chi connectivity index (χ1n) is 7.07. The molecule has 0 aromatic carbocycles. The van der Waals surface area contributed by atoms with Crippen molar-refractivity contribution in [2.24, 2.45) is 17.8 Å². The van der Waals surface area contributed by atoms with Crippen LogP contribution in [0, 0.1) is 17.8 Å². The van der Waals surface area contributed by atoms with E-state index in [0.29, 0.717) is 18.4 Å². The van der Waals surface area contributed by atoms with E-state index in [4.69, 9.17) is 0 Å². The summed E-state index contributed by atoms with van der Waals surface area (Å²) in [6, 6.07) is 0.336. The molecule has 1 saturated carbocycles. The third-order valence-electron chi connectivity index (χ3n) is 4.56. The van der Waals surface area contributed by atoms with Gasteiger partial charge in [0.25, 0.3) is 0 Å². The minimum Gasteiger partial charge on any atom is -0.481 e. The van der Waals surface area contributed by atoms with Gasteiger partial charge in [-0.05, 0) is 38.0 Å². The number of aliphatic carboxylic acids is 1. The van der Waals surface area contributed by atoms with Crippen LogP contribution in [0.25, 0.3) is 0 Å². The van der Waals surface area contributed by atoms with Crippen LogP contribution in [0.5, 0.6) is 0 Å². The van der Waals surface area contributed by atoms with Crippen molar-refractivity contribution in [3.05, 3.63) is 0 Å². The predicted molar refractivity (Wildman–Crippen MR) is 68.0 cm³/mol. The van der Waals surface area contributed by atoms with Gasteiger partial charge in [-0.2, -0.15) is 0 Å². The van der Waals surface area contributed by atoms with Gasteiger partial charge in [0, 0.05) is 12.6 Å². The van der Waals surface area contributed by atoms with Crippen LogP contribution in [0.15, 0.2) is 0 Å². The van der Waals surface area contributed by atoms with Gasteiger partial charge in [0.05, 0.1) is 11.8 Å². The van der Waals surface area contributed by atoms with Crippen molar-refractivity contribution in [3.8, 4) is 0 Å². The van der Waals surface area contributed by atoms with Crippen molar-refractivity contribution < 1.29 is 14.7 Å². The Morgan fingerprint density at radius 1 is 1.28 bits per heavy atom. The van der Waals surface area contributed by atoms with Crippen molar-refractivity contribution in [3.63, 3.8) is 0 Å². The Bertz CT molecular complexity index is 342. The molecule has 0 aromatic heterocycles. The van der Waals surface area contributed by atoms with E-state index in [2.05, 4.69) is 6.92 Å². The van der Waals surface area contributed by atoms with E-state index in [1.54, 1.807) is 0 Å². The Kier molecular flexibility index (Phi) is 3.93. The van der Waals surface area contributed by atoms with Gasteiger partial charge in [-0.1, -0.05) is 13.8 Å². The molecular formula is C14H23NO3. The molecule has 102 valence electrons. The molecule has 0 aromatic rings. The minimum atomic E-state index is -0.801. The van der Waals surface area contributed by atoms with Crippen molar-refractivity contribution in [1.82, 2.24) is 4.90 Å². The standard InChI is InChI=1S/C14H23NO3/c1-3-10-5-4-6-15(10)13(16)11-7-9(2)8-12(11)14(17)18/h9-12H,3-8H2,1-2H3,(H,17,18). The van der Waals surface area contributed by atoms with Gasteiger partial charge >= 0.3 is 5.97 Å². The second-order valence-electron chi connectivity index (χ2n) is 5.86. The number of nitrogens with zero attached hydrogens (tertiary/aromatic N) is 1. The maximum Gasteiger partial charge on any atom is 0.307 e. The topological polar surface area (TPSA) is 57.6 Å². The molecule has 4 nitrogen and oxygen atoms in total. The number of hydrogen-bond donors (Lipinski definition) is 1. The average molecular weight is 253 g/mol. The Morgan fingerprint density at radius 3 is 2.56 bits per heavy atom. The van der Waals surface area contributed by atoms with Gasteiger partial charge in [0.15, 0.2) is 0 Å². The lowest BCUT2D eigenvalue weighted by Gasteiger charge is -2.28. The molecule has 4 heteroatoms. The fourth-order valence-corrected chi connectivity index (χ4v) is 3.60. The summed E-state index contributed by atoms with van der Waals surface area (Å²) in [5.41, 5.74) is 0. The molecule has 18 heavy (non-hydrogen) atoms.